The van der Waals surface area contributed by atoms with E-state index in [0.29, 0.717) is 0 Å². The molecule has 3 nitrogen and oxygen atoms in total. The van der Waals surface area contributed by atoms with Crippen LogP contribution in [0.1, 0.15) is 55.3 Å². The molecule has 0 spiro atoms. The topological polar surface area (TPSA) is 37.4 Å². The van der Waals surface area contributed by atoms with Crippen LogP contribution in [0, 0.1) is 5.92 Å². The number of carbonyl (C=O) groups excluding carboxylic acids is 2. The highest BCUT2D eigenvalue weighted by Crippen LogP contribution is 2.26. The van der Waals surface area contributed by atoms with Crippen molar-refractivity contribution in [3.8, 4) is 0 Å². The normalized spacial score (nSPS) is 17.1. The van der Waals surface area contributed by atoms with E-state index < -0.39 is 0 Å². The number of hydrogen-bond donors (Lipinski definition) is 0. The van der Waals surface area contributed by atoms with Gasteiger partial charge in [0.25, 0.3) is 0 Å². The Morgan fingerprint density at radius 1 is 1.05 bits per heavy atom. The predicted octanol–water partition coefficient (Wildman–Crippen LogP) is 3.82. The summed E-state index contributed by atoms with van der Waals surface area (Å²) in [6.45, 7) is 0. The summed E-state index contributed by atoms with van der Waals surface area (Å²) in [6, 6.07) is 7.36. The molecule has 0 radical (unpaired) electrons. The lowest BCUT2D eigenvalue weighted by molar-refractivity contribution is -0.107. The summed E-state index contributed by atoms with van der Waals surface area (Å²) < 4.78 is 0. The highest BCUT2D eigenvalue weighted by molar-refractivity contribution is 5.98. The molecular weight excluding hydrogens is 250 g/mol. The second kappa shape index (κ2) is 7.22. The number of benzene rings is 1. The zero-order chi connectivity index (χ0) is 14.4. The van der Waals surface area contributed by atoms with Gasteiger partial charge in [0.15, 0.2) is 5.78 Å². The molecule has 0 heterocycles. The molecule has 1 amide bonds. The minimum Gasteiger partial charge on any atom is -0.318 e. The summed E-state index contributed by atoms with van der Waals surface area (Å²) in [5.74, 6) is 0.456. The van der Waals surface area contributed by atoms with Gasteiger partial charge in [-0.15, -0.1) is 0 Å². The summed E-state index contributed by atoms with van der Waals surface area (Å²) in [7, 11) is 1.71. The minimum atomic E-state index is 0.185. The van der Waals surface area contributed by atoms with Crippen LogP contribution in [0.4, 0.5) is 5.69 Å². The number of nitrogens with zero attached hydrogens (tertiary/aromatic N) is 1. The Morgan fingerprint density at radius 2 is 1.60 bits per heavy atom. The molecule has 1 aliphatic rings. The van der Waals surface area contributed by atoms with Crippen LogP contribution in [-0.4, -0.2) is 19.2 Å². The van der Waals surface area contributed by atoms with E-state index >= 15 is 0 Å². The summed E-state index contributed by atoms with van der Waals surface area (Å²) in [5.41, 5.74) is 1.59. The lowest BCUT2D eigenvalue weighted by Gasteiger charge is -2.19. The van der Waals surface area contributed by atoms with Gasteiger partial charge in [-0.3, -0.25) is 9.59 Å². The van der Waals surface area contributed by atoms with E-state index in [1.54, 1.807) is 7.05 Å². The molecule has 108 valence electrons. The van der Waals surface area contributed by atoms with Crippen LogP contribution in [0.2, 0.25) is 0 Å². The Morgan fingerprint density at radius 3 is 2.15 bits per heavy atom. The molecule has 0 aliphatic heterocycles. The molecule has 20 heavy (non-hydrogen) atoms. The van der Waals surface area contributed by atoms with E-state index in [1.165, 1.54) is 37.0 Å². The predicted molar refractivity (Wildman–Crippen MR) is 81.0 cm³/mol. The van der Waals surface area contributed by atoms with Crippen LogP contribution in [0.15, 0.2) is 24.3 Å². The van der Waals surface area contributed by atoms with Gasteiger partial charge in [-0.25, -0.2) is 0 Å². The van der Waals surface area contributed by atoms with Crippen LogP contribution in [0.5, 0.6) is 0 Å². The maximum absolute atomic E-state index is 12.5. The van der Waals surface area contributed by atoms with Crippen LogP contribution >= 0.6 is 0 Å². The van der Waals surface area contributed by atoms with E-state index in [0.717, 1.165) is 30.5 Å². The third-order valence-corrected chi connectivity index (χ3v) is 4.19. The maximum Gasteiger partial charge on any atom is 0.213 e. The van der Waals surface area contributed by atoms with E-state index in [-0.39, 0.29) is 11.7 Å². The Labute approximate surface area is 121 Å². The fourth-order valence-electron chi connectivity index (χ4n) is 2.88. The Kier molecular flexibility index (Phi) is 5.33. The first-order valence-electron chi connectivity index (χ1n) is 7.55. The first-order chi connectivity index (χ1) is 9.72. The molecule has 2 rings (SSSR count). The van der Waals surface area contributed by atoms with E-state index in [4.69, 9.17) is 0 Å². The van der Waals surface area contributed by atoms with E-state index in [2.05, 4.69) is 0 Å². The molecular formula is C17H23NO2. The van der Waals surface area contributed by atoms with E-state index in [9.17, 15) is 9.59 Å². The van der Waals surface area contributed by atoms with Gasteiger partial charge in [0.2, 0.25) is 6.41 Å². The maximum atomic E-state index is 12.5. The number of Topliss-reactive ketones (excluding diaryl/α,β-unsaturated/α-hetero) is 1. The summed E-state index contributed by atoms with van der Waals surface area (Å²) in [4.78, 5) is 24.7. The molecule has 1 aromatic carbocycles. The number of anilines is 1. The molecule has 0 bridgehead atoms. The minimum absolute atomic E-state index is 0.185. The van der Waals surface area contributed by atoms with Crippen molar-refractivity contribution < 1.29 is 9.59 Å². The van der Waals surface area contributed by atoms with Crippen molar-refractivity contribution in [2.75, 3.05) is 11.9 Å². The number of amides is 1. The van der Waals surface area contributed by atoms with Crippen LogP contribution in [0.3, 0.4) is 0 Å². The smallest absolute Gasteiger partial charge is 0.213 e. The third-order valence-electron chi connectivity index (χ3n) is 4.19. The van der Waals surface area contributed by atoms with Crippen LogP contribution < -0.4 is 4.90 Å². The molecule has 1 saturated carbocycles. The van der Waals surface area contributed by atoms with Gasteiger partial charge in [0.05, 0.1) is 0 Å². The zero-order valence-corrected chi connectivity index (χ0v) is 12.2. The molecule has 0 saturated heterocycles. The Hall–Kier alpha value is -1.64. The van der Waals surface area contributed by atoms with Gasteiger partial charge < -0.3 is 4.90 Å². The fraction of sp³-hybridized carbons (Fsp3) is 0.529. The Bertz CT molecular complexity index is 445. The fourth-order valence-corrected chi connectivity index (χ4v) is 2.88. The largest absolute Gasteiger partial charge is 0.318 e. The number of ketones is 1. The quantitative estimate of drug-likeness (QED) is 0.617. The van der Waals surface area contributed by atoms with Crippen molar-refractivity contribution in [1.82, 2.24) is 0 Å². The average Bonchev–Trinajstić information content (AvgIpc) is 2.46. The Balaban J connectivity index is 2.05. The van der Waals surface area contributed by atoms with Gasteiger partial charge in [-0.2, -0.15) is 0 Å². The summed E-state index contributed by atoms with van der Waals surface area (Å²) in [5, 5.41) is 0. The van der Waals surface area contributed by atoms with Gasteiger partial charge in [0.1, 0.15) is 0 Å². The molecule has 0 aromatic heterocycles. The van der Waals surface area contributed by atoms with Crippen LogP contribution in [-0.2, 0) is 4.79 Å². The SMILES string of the molecule is CN(C=O)c1ccc(C(=O)C2CCCCCCC2)cc1. The van der Waals surface area contributed by atoms with Crippen LogP contribution in [0.25, 0.3) is 0 Å². The third kappa shape index (κ3) is 3.69. The summed E-state index contributed by atoms with van der Waals surface area (Å²) in [6.07, 6.45) is 8.98. The first-order valence-corrected chi connectivity index (χ1v) is 7.55. The zero-order valence-electron chi connectivity index (χ0n) is 12.2. The van der Waals surface area contributed by atoms with Crippen molar-refractivity contribution in [1.29, 1.82) is 0 Å². The standard InChI is InChI=1S/C17H23NO2/c1-18(13-19)16-11-9-15(10-12-16)17(20)14-7-5-3-2-4-6-8-14/h9-14H,2-8H2,1H3. The average molecular weight is 273 g/mol. The molecule has 1 aromatic rings. The number of hydrogen-bond acceptors (Lipinski definition) is 2. The molecule has 3 heteroatoms. The monoisotopic (exact) mass is 273 g/mol. The lowest BCUT2D eigenvalue weighted by Crippen LogP contribution is -2.17. The van der Waals surface area contributed by atoms with Gasteiger partial charge in [-0.05, 0) is 37.1 Å². The van der Waals surface area contributed by atoms with Crippen molar-refractivity contribution >= 4 is 17.9 Å². The van der Waals surface area contributed by atoms with Crippen molar-refractivity contribution in [2.45, 2.75) is 44.9 Å². The number of rotatable bonds is 4. The van der Waals surface area contributed by atoms with Gasteiger partial charge in [-0.1, -0.05) is 32.1 Å². The molecule has 0 atom stereocenters. The van der Waals surface area contributed by atoms with Gasteiger partial charge >= 0.3 is 0 Å². The highest BCUT2D eigenvalue weighted by atomic mass is 16.1. The second-order valence-electron chi connectivity index (χ2n) is 5.67. The lowest BCUT2D eigenvalue weighted by atomic mass is 9.85. The van der Waals surface area contributed by atoms with Crippen molar-refractivity contribution in [2.24, 2.45) is 5.92 Å². The summed E-state index contributed by atoms with van der Waals surface area (Å²) >= 11 is 0. The second-order valence-corrected chi connectivity index (χ2v) is 5.67. The van der Waals surface area contributed by atoms with E-state index in [1.807, 2.05) is 24.3 Å². The number of carbonyl (C=O) groups is 2. The molecule has 0 N–H and O–H groups in total. The highest BCUT2D eigenvalue weighted by Gasteiger charge is 2.20. The first kappa shape index (κ1) is 14.8. The molecule has 1 aliphatic carbocycles. The molecule has 0 unspecified atom stereocenters. The van der Waals surface area contributed by atoms with Crippen molar-refractivity contribution in [3.05, 3.63) is 29.8 Å². The van der Waals surface area contributed by atoms with Crippen molar-refractivity contribution in [3.63, 3.8) is 0 Å². The molecule has 1 fully saturated rings. The van der Waals surface area contributed by atoms with Gasteiger partial charge in [0, 0.05) is 24.2 Å².